The highest BCUT2D eigenvalue weighted by Gasteiger charge is 2.17. The van der Waals surface area contributed by atoms with Gasteiger partial charge in [0.05, 0.1) is 11.7 Å². The van der Waals surface area contributed by atoms with E-state index in [1.165, 1.54) is 0 Å². The highest BCUT2D eigenvalue weighted by Crippen LogP contribution is 2.32. The number of halogens is 1. The molecule has 0 radical (unpaired) electrons. The maximum Gasteiger partial charge on any atom is 0.343 e. The van der Waals surface area contributed by atoms with E-state index in [0.29, 0.717) is 5.16 Å². The number of nitrogens with zero attached hydrogens (tertiary/aromatic N) is 4. The summed E-state index contributed by atoms with van der Waals surface area (Å²) in [5.41, 5.74) is 1.73. The van der Waals surface area contributed by atoms with Crippen LogP contribution in [0.5, 0.6) is 0 Å². The maximum atomic E-state index is 11.6. The molecule has 1 atom stereocenters. The lowest BCUT2D eigenvalue weighted by molar-refractivity contribution is 0.551. The van der Waals surface area contributed by atoms with E-state index in [4.69, 9.17) is 0 Å². The Balaban J connectivity index is 2.46. The fraction of sp³-hybridized carbons (Fsp3) is 0.308. The molecule has 2 aromatic heterocycles. The number of hydrogen-bond acceptors (Lipinski definition) is 4. The Labute approximate surface area is 127 Å². The number of rotatable bonds is 2. The van der Waals surface area contributed by atoms with Crippen LogP contribution >= 0.6 is 15.9 Å². The van der Waals surface area contributed by atoms with Gasteiger partial charge in [0.15, 0.2) is 0 Å². The summed E-state index contributed by atoms with van der Waals surface area (Å²) < 4.78 is 14.5. The molecule has 0 saturated heterocycles. The molecule has 1 unspecified atom stereocenters. The second-order valence-corrected chi connectivity index (χ2v) is 6.98. The van der Waals surface area contributed by atoms with E-state index in [2.05, 4.69) is 44.8 Å². The first-order valence-corrected chi connectivity index (χ1v) is 8.50. The van der Waals surface area contributed by atoms with E-state index in [1.807, 2.05) is 16.9 Å². The number of aromatic nitrogens is 4. The van der Waals surface area contributed by atoms with Crippen LogP contribution in [-0.4, -0.2) is 30.6 Å². The molecule has 0 bridgehead atoms. The maximum absolute atomic E-state index is 11.6. The quantitative estimate of drug-likeness (QED) is 0.525. The zero-order valence-electron chi connectivity index (χ0n) is 11.3. The standard InChI is InChI=1S/C13H13BrN4OS/c1-7(2)18-12-9(6-16-18)10(14)4-8-5-15-13(20(3)19)17-11(8)12/h4-7H,1-3H3. The first kappa shape index (κ1) is 13.8. The predicted octanol–water partition coefficient (Wildman–Crippen LogP) is 3.06. The molecule has 5 nitrogen and oxygen atoms in total. The summed E-state index contributed by atoms with van der Waals surface area (Å²) in [5.74, 6) is 0. The first-order valence-electron chi connectivity index (χ1n) is 6.15. The van der Waals surface area contributed by atoms with Crippen molar-refractivity contribution in [3.63, 3.8) is 0 Å². The van der Waals surface area contributed by atoms with Gasteiger partial charge in [-0.3, -0.25) is 4.68 Å². The number of benzene rings is 1. The molecule has 1 aromatic carbocycles. The van der Waals surface area contributed by atoms with Gasteiger partial charge in [-0.25, -0.2) is 0 Å². The van der Waals surface area contributed by atoms with Crippen molar-refractivity contribution >= 4 is 48.9 Å². The zero-order valence-corrected chi connectivity index (χ0v) is 13.7. The third-order valence-corrected chi connectivity index (χ3v) is 4.47. The molecule has 3 rings (SSSR count). The van der Waals surface area contributed by atoms with E-state index in [1.54, 1.807) is 12.5 Å². The monoisotopic (exact) mass is 352 g/mol. The topological polar surface area (TPSA) is 66.7 Å². The Morgan fingerprint density at radius 2 is 2.10 bits per heavy atom. The van der Waals surface area contributed by atoms with Crippen LogP contribution in [-0.2, 0) is 11.2 Å². The van der Waals surface area contributed by atoms with Crippen LogP contribution in [0.4, 0.5) is 0 Å². The van der Waals surface area contributed by atoms with Gasteiger partial charge in [-0.05, 0) is 19.9 Å². The van der Waals surface area contributed by atoms with Crippen LogP contribution in [0.3, 0.4) is 0 Å². The summed E-state index contributed by atoms with van der Waals surface area (Å²) in [6.07, 6.45) is 5.11. The molecule has 104 valence electrons. The Kier molecular flexibility index (Phi) is 3.43. The zero-order chi connectivity index (χ0) is 14.4. The predicted molar refractivity (Wildman–Crippen MR) is 83.2 cm³/mol. The largest absolute Gasteiger partial charge is 0.609 e. The highest BCUT2D eigenvalue weighted by molar-refractivity contribution is 9.10. The second kappa shape index (κ2) is 4.98. The molecule has 2 heterocycles. The minimum Gasteiger partial charge on any atom is -0.609 e. The summed E-state index contributed by atoms with van der Waals surface area (Å²) >= 11 is 2.36. The van der Waals surface area contributed by atoms with Gasteiger partial charge in [-0.2, -0.15) is 15.1 Å². The van der Waals surface area contributed by atoms with Crippen LogP contribution in [0, 0.1) is 0 Å². The van der Waals surface area contributed by atoms with Gasteiger partial charge in [0, 0.05) is 38.7 Å². The molecule has 0 aliphatic carbocycles. The molecule has 0 N–H and O–H groups in total. The van der Waals surface area contributed by atoms with Crippen LogP contribution in [0.1, 0.15) is 19.9 Å². The Hall–Kier alpha value is -1.18. The van der Waals surface area contributed by atoms with Gasteiger partial charge in [0.25, 0.3) is 0 Å². The minimum atomic E-state index is -1.20. The van der Waals surface area contributed by atoms with Gasteiger partial charge in [-0.1, -0.05) is 15.9 Å². The fourth-order valence-corrected chi connectivity index (χ4v) is 3.15. The van der Waals surface area contributed by atoms with Crippen molar-refractivity contribution in [2.45, 2.75) is 25.0 Å². The summed E-state index contributed by atoms with van der Waals surface area (Å²) in [5, 5.41) is 6.68. The van der Waals surface area contributed by atoms with Crippen LogP contribution < -0.4 is 0 Å². The summed E-state index contributed by atoms with van der Waals surface area (Å²) in [4.78, 5) is 8.62. The van der Waals surface area contributed by atoms with E-state index in [0.717, 1.165) is 26.3 Å². The third kappa shape index (κ3) is 2.10. The lowest BCUT2D eigenvalue weighted by Gasteiger charge is -2.10. The van der Waals surface area contributed by atoms with Gasteiger partial charge < -0.3 is 4.55 Å². The minimum absolute atomic E-state index is 0.218. The van der Waals surface area contributed by atoms with Crippen LogP contribution in [0.15, 0.2) is 28.1 Å². The molecule has 7 heteroatoms. The van der Waals surface area contributed by atoms with E-state index in [-0.39, 0.29) is 6.04 Å². The van der Waals surface area contributed by atoms with Gasteiger partial charge in [0.1, 0.15) is 11.8 Å². The number of hydrogen-bond donors (Lipinski definition) is 0. The lowest BCUT2D eigenvalue weighted by Crippen LogP contribution is -2.06. The average molecular weight is 353 g/mol. The molecule has 0 spiro atoms. The van der Waals surface area contributed by atoms with Crippen LogP contribution in [0.2, 0.25) is 0 Å². The van der Waals surface area contributed by atoms with Crippen molar-refractivity contribution in [1.29, 1.82) is 0 Å². The molecule has 0 amide bonds. The lowest BCUT2D eigenvalue weighted by atomic mass is 10.2. The van der Waals surface area contributed by atoms with E-state index in [9.17, 15) is 4.55 Å². The molecule has 20 heavy (non-hydrogen) atoms. The average Bonchev–Trinajstić information content (AvgIpc) is 2.84. The van der Waals surface area contributed by atoms with Gasteiger partial charge in [-0.15, -0.1) is 0 Å². The Bertz CT molecular complexity index is 800. The number of fused-ring (bicyclic) bond motifs is 3. The molecule has 0 saturated carbocycles. The molecule has 0 aliphatic rings. The normalized spacial score (nSPS) is 13.5. The fourth-order valence-electron chi connectivity index (χ4n) is 2.19. The Morgan fingerprint density at radius 3 is 2.75 bits per heavy atom. The molecule has 0 aliphatic heterocycles. The molecular weight excluding hydrogens is 340 g/mol. The van der Waals surface area contributed by atoms with Gasteiger partial charge in [0.2, 0.25) is 0 Å². The Morgan fingerprint density at radius 1 is 1.35 bits per heavy atom. The first-order chi connectivity index (χ1) is 9.49. The SMILES string of the molecule is CC(C)n1ncc2c(Br)cc3cnc([S+](C)[O-])nc3c21. The molecular formula is C13H13BrN4OS. The summed E-state index contributed by atoms with van der Waals surface area (Å²) in [6, 6.07) is 2.18. The van der Waals surface area contributed by atoms with Crippen molar-refractivity contribution in [2.24, 2.45) is 0 Å². The van der Waals surface area contributed by atoms with Crippen molar-refractivity contribution in [3.8, 4) is 0 Å². The third-order valence-electron chi connectivity index (χ3n) is 3.10. The highest BCUT2D eigenvalue weighted by atomic mass is 79.9. The van der Waals surface area contributed by atoms with Crippen molar-refractivity contribution in [3.05, 3.63) is 22.9 Å². The van der Waals surface area contributed by atoms with Crippen molar-refractivity contribution < 1.29 is 4.55 Å². The van der Waals surface area contributed by atoms with Crippen molar-refractivity contribution in [2.75, 3.05) is 6.26 Å². The van der Waals surface area contributed by atoms with Crippen LogP contribution in [0.25, 0.3) is 21.8 Å². The van der Waals surface area contributed by atoms with Crippen molar-refractivity contribution in [1.82, 2.24) is 19.7 Å². The van der Waals surface area contributed by atoms with E-state index >= 15 is 0 Å². The second-order valence-electron chi connectivity index (χ2n) is 4.85. The van der Waals surface area contributed by atoms with Gasteiger partial charge >= 0.3 is 5.16 Å². The smallest absolute Gasteiger partial charge is 0.343 e. The summed E-state index contributed by atoms with van der Waals surface area (Å²) in [6.45, 7) is 4.14. The molecule has 0 fully saturated rings. The summed E-state index contributed by atoms with van der Waals surface area (Å²) in [7, 11) is 0. The van der Waals surface area contributed by atoms with E-state index < -0.39 is 11.2 Å². The molecule has 3 aromatic rings.